The fourth-order valence-corrected chi connectivity index (χ4v) is 5.21. The van der Waals surface area contributed by atoms with Crippen LogP contribution in [-0.2, 0) is 17.8 Å². The molecule has 2 heterocycles. The van der Waals surface area contributed by atoms with Crippen LogP contribution in [0.4, 0.5) is 0 Å². The van der Waals surface area contributed by atoms with Gasteiger partial charge in [-0.25, -0.2) is 4.79 Å². The fraction of sp³-hybridized carbons (Fsp3) is 0.444. The lowest BCUT2D eigenvalue weighted by atomic mass is 9.93. The fourth-order valence-electron chi connectivity index (χ4n) is 5.21. The lowest BCUT2D eigenvalue weighted by Gasteiger charge is -2.45. The zero-order chi connectivity index (χ0) is 23.4. The molecule has 4 rings (SSSR count). The Balaban J connectivity index is 1.41. The van der Waals surface area contributed by atoms with Gasteiger partial charge in [0.2, 0.25) is 0 Å². The van der Waals surface area contributed by atoms with E-state index in [4.69, 9.17) is 4.74 Å². The Morgan fingerprint density at radius 3 is 2.36 bits per heavy atom. The Morgan fingerprint density at radius 2 is 1.73 bits per heavy atom. The van der Waals surface area contributed by atoms with Crippen molar-refractivity contribution in [1.29, 1.82) is 0 Å². The number of rotatable bonds is 6. The van der Waals surface area contributed by atoms with E-state index >= 15 is 0 Å². The van der Waals surface area contributed by atoms with Crippen molar-refractivity contribution in [3.8, 4) is 0 Å². The van der Waals surface area contributed by atoms with Crippen LogP contribution >= 0.6 is 0 Å². The van der Waals surface area contributed by atoms with Crippen molar-refractivity contribution in [1.82, 2.24) is 14.6 Å². The number of ether oxygens (including phenoxy) is 1. The third kappa shape index (κ3) is 5.75. The summed E-state index contributed by atoms with van der Waals surface area (Å²) in [5, 5.41) is 0. The molecule has 1 saturated heterocycles. The zero-order valence-corrected chi connectivity index (χ0v) is 20.5. The first-order valence-electron chi connectivity index (χ1n) is 12.1. The molecule has 0 radical (unpaired) electrons. The van der Waals surface area contributed by atoms with Gasteiger partial charge in [0.25, 0.3) is 0 Å². The van der Waals surface area contributed by atoms with E-state index in [1.165, 1.54) is 29.4 Å². The topological polar surface area (TPSA) is 36.0 Å². The van der Waals surface area contributed by atoms with Crippen molar-refractivity contribution >= 4 is 19.5 Å². The summed E-state index contributed by atoms with van der Waals surface area (Å²) in [4.78, 5) is 19.2. The van der Waals surface area contributed by atoms with Gasteiger partial charge in [0.1, 0.15) is 0 Å². The second kappa shape index (κ2) is 10.7. The van der Waals surface area contributed by atoms with E-state index in [0.29, 0.717) is 17.6 Å². The van der Waals surface area contributed by atoms with E-state index in [9.17, 15) is 4.79 Å². The minimum absolute atomic E-state index is 0.284. The van der Waals surface area contributed by atoms with Crippen LogP contribution in [0.2, 0.25) is 0 Å². The summed E-state index contributed by atoms with van der Waals surface area (Å²) in [5.74, 6) is -0.284. The molecule has 0 saturated carbocycles. The van der Waals surface area contributed by atoms with Crippen LogP contribution in [0.25, 0.3) is 5.57 Å². The molecule has 2 aliphatic rings. The van der Waals surface area contributed by atoms with E-state index in [0.717, 1.165) is 45.7 Å². The predicted octanol–water partition coefficient (Wildman–Crippen LogP) is 3.21. The average molecular weight is 445 g/mol. The number of carbonyl (C=O) groups is 1. The first-order chi connectivity index (χ1) is 15.9. The number of benzene rings is 2. The molecule has 2 aliphatic heterocycles. The molecule has 2 aromatic carbocycles. The molecule has 1 fully saturated rings. The van der Waals surface area contributed by atoms with Gasteiger partial charge in [-0.15, -0.1) is 0 Å². The van der Waals surface area contributed by atoms with Crippen molar-refractivity contribution in [2.75, 3.05) is 33.3 Å². The summed E-state index contributed by atoms with van der Waals surface area (Å²) < 4.78 is 4.81. The second-order valence-electron chi connectivity index (χ2n) is 9.65. The van der Waals surface area contributed by atoms with Crippen LogP contribution in [0.1, 0.15) is 47.3 Å². The Labute approximate surface area is 199 Å². The van der Waals surface area contributed by atoms with Crippen LogP contribution < -0.4 is 0 Å². The molecule has 2 atom stereocenters. The zero-order valence-electron chi connectivity index (χ0n) is 20.5. The third-order valence-corrected chi connectivity index (χ3v) is 7.09. The third-order valence-electron chi connectivity index (χ3n) is 7.09. The van der Waals surface area contributed by atoms with Gasteiger partial charge in [0.15, 0.2) is 7.98 Å². The number of hydrogen-bond donors (Lipinski definition) is 0. The number of methoxy groups -OCH3 is 1. The number of piperazine rings is 1. The first kappa shape index (κ1) is 23.7. The van der Waals surface area contributed by atoms with Crippen molar-refractivity contribution in [3.63, 3.8) is 0 Å². The average Bonchev–Trinajstić information content (AvgIpc) is 2.82. The van der Waals surface area contributed by atoms with Crippen molar-refractivity contribution in [2.24, 2.45) is 0 Å². The second-order valence-corrected chi connectivity index (χ2v) is 9.65. The summed E-state index contributed by atoms with van der Waals surface area (Å²) in [6, 6.07) is 17.7. The molecule has 5 nitrogen and oxygen atoms in total. The normalized spacial score (nSPS) is 22.7. The summed E-state index contributed by atoms with van der Waals surface area (Å²) in [5.41, 5.74) is 6.20. The molecular weight excluding hydrogens is 409 g/mol. The molecule has 0 aliphatic carbocycles. The standard InChI is InChI=1S/C27H36BN3O2/c1-20-16-29(18-22-8-10-24(11-9-22)27(32)33-3)17-21(2)31(20)19-25-6-4-5-7-26(25)23-12-14-30(28)15-13-23/h4-12,20-21H,13-19,28H2,1-3H3/t20-,21+. The predicted molar refractivity (Wildman–Crippen MR) is 137 cm³/mol. The van der Waals surface area contributed by atoms with Gasteiger partial charge in [0, 0.05) is 44.8 Å². The lowest BCUT2D eigenvalue weighted by molar-refractivity contribution is 0.0290. The molecule has 0 unspecified atom stereocenters. The summed E-state index contributed by atoms with van der Waals surface area (Å²) >= 11 is 0. The smallest absolute Gasteiger partial charge is 0.337 e. The summed E-state index contributed by atoms with van der Waals surface area (Å²) in [7, 11) is 3.61. The maximum atomic E-state index is 11.7. The summed E-state index contributed by atoms with van der Waals surface area (Å²) in [6.07, 6.45) is 3.53. The highest BCUT2D eigenvalue weighted by Crippen LogP contribution is 2.28. The van der Waals surface area contributed by atoms with Crippen molar-refractivity contribution < 1.29 is 9.53 Å². The highest BCUT2D eigenvalue weighted by Gasteiger charge is 2.30. The van der Waals surface area contributed by atoms with Gasteiger partial charge < -0.3 is 9.55 Å². The van der Waals surface area contributed by atoms with Crippen LogP contribution in [0, 0.1) is 0 Å². The minimum Gasteiger partial charge on any atom is -0.465 e. The number of nitrogens with zero attached hydrogens (tertiary/aromatic N) is 3. The molecule has 0 aromatic heterocycles. The Bertz CT molecular complexity index is 979. The maximum absolute atomic E-state index is 11.7. The molecule has 0 N–H and O–H groups in total. The van der Waals surface area contributed by atoms with Crippen LogP contribution in [0.5, 0.6) is 0 Å². The van der Waals surface area contributed by atoms with Gasteiger partial charge in [0.05, 0.1) is 12.7 Å². The number of hydrogen-bond acceptors (Lipinski definition) is 5. The molecule has 0 bridgehead atoms. The number of esters is 1. The van der Waals surface area contributed by atoms with Gasteiger partial charge >= 0.3 is 5.97 Å². The highest BCUT2D eigenvalue weighted by atomic mass is 16.5. The molecule has 33 heavy (non-hydrogen) atoms. The van der Waals surface area contributed by atoms with Crippen LogP contribution in [0.15, 0.2) is 54.6 Å². The highest BCUT2D eigenvalue weighted by molar-refractivity contribution is 6.04. The lowest BCUT2D eigenvalue weighted by Crippen LogP contribution is -2.55. The van der Waals surface area contributed by atoms with Gasteiger partial charge in [-0.3, -0.25) is 9.80 Å². The molecule has 0 amide bonds. The van der Waals surface area contributed by atoms with E-state index in [1.807, 2.05) is 24.3 Å². The van der Waals surface area contributed by atoms with E-state index in [1.54, 1.807) is 0 Å². The SMILES string of the molecule is BN1CC=C(c2ccccc2CN2[C@H](C)CN(Cc3ccc(C(=O)OC)cc3)C[C@@H]2C)CC1. The van der Waals surface area contributed by atoms with Crippen LogP contribution in [-0.4, -0.2) is 73.9 Å². The van der Waals surface area contributed by atoms with E-state index < -0.39 is 0 Å². The van der Waals surface area contributed by atoms with Gasteiger partial charge in [-0.2, -0.15) is 0 Å². The molecule has 174 valence electrons. The van der Waals surface area contributed by atoms with Gasteiger partial charge in [-0.1, -0.05) is 42.5 Å². The van der Waals surface area contributed by atoms with Crippen molar-refractivity contribution in [2.45, 2.75) is 45.4 Å². The molecule has 2 aromatic rings. The molecular formula is C27H36BN3O2. The largest absolute Gasteiger partial charge is 0.465 e. The van der Waals surface area contributed by atoms with Crippen molar-refractivity contribution in [3.05, 3.63) is 76.9 Å². The van der Waals surface area contributed by atoms with Crippen LogP contribution in [0.3, 0.4) is 0 Å². The Morgan fingerprint density at radius 1 is 1.03 bits per heavy atom. The van der Waals surface area contributed by atoms with E-state index in [-0.39, 0.29) is 5.97 Å². The monoisotopic (exact) mass is 445 g/mol. The Hall–Kier alpha value is -2.41. The quantitative estimate of drug-likeness (QED) is 0.504. The van der Waals surface area contributed by atoms with Gasteiger partial charge in [-0.05, 0) is 61.2 Å². The molecule has 0 spiro atoms. The first-order valence-corrected chi connectivity index (χ1v) is 12.1. The number of carbonyl (C=O) groups excluding carboxylic acids is 1. The molecule has 6 heteroatoms. The van der Waals surface area contributed by atoms with E-state index in [2.05, 4.69) is 66.8 Å². The Kier molecular flexibility index (Phi) is 7.69. The minimum atomic E-state index is -0.284. The maximum Gasteiger partial charge on any atom is 0.337 e. The summed E-state index contributed by atoms with van der Waals surface area (Å²) in [6.45, 7) is 10.8.